The van der Waals surface area contributed by atoms with Crippen molar-refractivity contribution < 1.29 is 14.3 Å². The molecule has 1 aromatic rings. The van der Waals surface area contributed by atoms with E-state index in [0.29, 0.717) is 37.7 Å². The fraction of sp³-hybridized carbons (Fsp3) is 0.750. The van der Waals surface area contributed by atoms with Gasteiger partial charge in [0.25, 0.3) is 5.91 Å². The van der Waals surface area contributed by atoms with Gasteiger partial charge in [0.15, 0.2) is 0 Å². The minimum atomic E-state index is -0.263. The topological polar surface area (TPSA) is 84.4 Å². The molecule has 0 bridgehead atoms. The molecule has 0 radical (unpaired) electrons. The Bertz CT molecular complexity index is 749. The van der Waals surface area contributed by atoms with Crippen LogP contribution in [0.2, 0.25) is 0 Å². The van der Waals surface area contributed by atoms with Crippen LogP contribution in [0.25, 0.3) is 0 Å². The van der Waals surface area contributed by atoms with Gasteiger partial charge in [-0.05, 0) is 58.3 Å². The van der Waals surface area contributed by atoms with Gasteiger partial charge >= 0.3 is 0 Å². The Labute approximate surface area is 186 Å². The van der Waals surface area contributed by atoms with E-state index in [4.69, 9.17) is 9.72 Å². The first kappa shape index (κ1) is 23.6. The predicted octanol–water partition coefficient (Wildman–Crippen LogP) is 3.65. The van der Waals surface area contributed by atoms with Crippen molar-refractivity contribution in [3.05, 3.63) is 23.3 Å². The molecule has 0 spiro atoms. The molecule has 3 rings (SSSR count). The van der Waals surface area contributed by atoms with Gasteiger partial charge in [-0.3, -0.25) is 9.59 Å². The molecular formula is C24H38N4O3. The van der Waals surface area contributed by atoms with Crippen LogP contribution in [0.3, 0.4) is 0 Å². The summed E-state index contributed by atoms with van der Waals surface area (Å²) in [4.78, 5) is 36.5. The highest BCUT2D eigenvalue weighted by Gasteiger charge is 2.30. The molecule has 0 aromatic carbocycles. The van der Waals surface area contributed by atoms with Gasteiger partial charge in [-0.15, -0.1) is 0 Å². The molecule has 1 saturated carbocycles. The smallest absolute Gasteiger partial charge is 0.257 e. The lowest BCUT2D eigenvalue weighted by Gasteiger charge is -2.30. The third-order valence-electron chi connectivity index (χ3n) is 6.65. The lowest BCUT2D eigenvalue weighted by atomic mass is 9.79. The van der Waals surface area contributed by atoms with Crippen LogP contribution in [-0.4, -0.2) is 59.0 Å². The molecule has 2 heterocycles. The summed E-state index contributed by atoms with van der Waals surface area (Å²) < 4.78 is 5.47. The maximum Gasteiger partial charge on any atom is 0.257 e. The van der Waals surface area contributed by atoms with E-state index in [1.54, 1.807) is 6.20 Å². The summed E-state index contributed by atoms with van der Waals surface area (Å²) in [6, 6.07) is 0. The summed E-state index contributed by atoms with van der Waals surface area (Å²) in [6.45, 7) is 10.9. The highest BCUT2D eigenvalue weighted by Crippen LogP contribution is 2.36. The first-order valence-corrected chi connectivity index (χ1v) is 12.0. The van der Waals surface area contributed by atoms with E-state index in [0.717, 1.165) is 50.0 Å². The third kappa shape index (κ3) is 5.82. The maximum absolute atomic E-state index is 13.1. The highest BCUT2D eigenvalue weighted by molar-refractivity contribution is 5.95. The Kier molecular flexibility index (Phi) is 8.41. The molecule has 2 amide bonds. The molecule has 31 heavy (non-hydrogen) atoms. The Hall–Kier alpha value is -2.02. The van der Waals surface area contributed by atoms with Crippen LogP contribution >= 0.6 is 0 Å². The van der Waals surface area contributed by atoms with Crippen molar-refractivity contribution >= 4 is 11.8 Å². The van der Waals surface area contributed by atoms with Crippen molar-refractivity contribution in [2.24, 2.45) is 5.92 Å². The summed E-state index contributed by atoms with van der Waals surface area (Å²) in [7, 11) is 0. The normalized spacial score (nSPS) is 23.7. The Balaban J connectivity index is 1.65. The van der Waals surface area contributed by atoms with E-state index in [1.165, 1.54) is 0 Å². The van der Waals surface area contributed by atoms with Crippen molar-refractivity contribution in [1.82, 2.24) is 20.2 Å². The molecule has 1 aliphatic heterocycles. The van der Waals surface area contributed by atoms with E-state index in [-0.39, 0.29) is 29.8 Å². The van der Waals surface area contributed by atoms with Gasteiger partial charge in [0.1, 0.15) is 11.9 Å². The number of nitrogens with one attached hydrogen (secondary N) is 1. The Morgan fingerprint density at radius 2 is 1.87 bits per heavy atom. The summed E-state index contributed by atoms with van der Waals surface area (Å²) in [5, 5.41) is 3.08. The molecule has 7 nitrogen and oxygen atoms in total. The number of aromatic nitrogens is 2. The van der Waals surface area contributed by atoms with E-state index in [9.17, 15) is 9.59 Å². The Morgan fingerprint density at radius 1 is 1.16 bits per heavy atom. The van der Waals surface area contributed by atoms with E-state index in [2.05, 4.69) is 24.1 Å². The first-order chi connectivity index (χ1) is 14.9. The van der Waals surface area contributed by atoms with E-state index >= 15 is 0 Å². The zero-order valence-corrected chi connectivity index (χ0v) is 19.5. The molecule has 1 saturated heterocycles. The van der Waals surface area contributed by atoms with Crippen molar-refractivity contribution in [2.45, 2.75) is 84.2 Å². The number of carbonyl (C=O) groups is 2. The number of amides is 2. The molecular weight excluding hydrogens is 392 g/mol. The standard InChI is InChI=1S/C24H38N4O3/c1-5-28(6-2)24(30)19-15-25-22(16(3)4)27-21(19)18-11-9-17(10-12-18)14-26-23(29)20-8-7-13-31-20/h15-18,20H,5-14H2,1-4H3,(H,26,29)/t17?,18?,20-/m1/s1. The van der Waals surface area contributed by atoms with Gasteiger partial charge in [-0.25, -0.2) is 9.97 Å². The van der Waals surface area contributed by atoms with Crippen LogP contribution in [-0.2, 0) is 9.53 Å². The molecule has 1 N–H and O–H groups in total. The van der Waals surface area contributed by atoms with E-state index in [1.807, 2.05) is 18.7 Å². The fourth-order valence-corrected chi connectivity index (χ4v) is 4.63. The predicted molar refractivity (Wildman–Crippen MR) is 120 cm³/mol. The average molecular weight is 431 g/mol. The molecule has 1 aromatic heterocycles. The maximum atomic E-state index is 13.1. The molecule has 2 aliphatic rings. The second-order valence-electron chi connectivity index (χ2n) is 9.12. The lowest BCUT2D eigenvalue weighted by Crippen LogP contribution is -2.38. The summed E-state index contributed by atoms with van der Waals surface area (Å²) in [6.07, 6.45) is 7.28. The van der Waals surface area contributed by atoms with Gasteiger partial charge in [-0.1, -0.05) is 13.8 Å². The number of carbonyl (C=O) groups excluding carboxylic acids is 2. The third-order valence-corrected chi connectivity index (χ3v) is 6.65. The van der Waals surface area contributed by atoms with Gasteiger partial charge in [0.05, 0.1) is 11.3 Å². The molecule has 1 atom stereocenters. The SMILES string of the molecule is CCN(CC)C(=O)c1cnc(C(C)C)nc1C1CCC(CNC(=O)[C@H]2CCCO2)CC1. The summed E-state index contributed by atoms with van der Waals surface area (Å²) in [5.74, 6) is 1.82. The van der Waals surface area contributed by atoms with Gasteiger partial charge < -0.3 is 15.0 Å². The first-order valence-electron chi connectivity index (χ1n) is 12.0. The van der Waals surface area contributed by atoms with Crippen LogP contribution < -0.4 is 5.32 Å². The summed E-state index contributed by atoms with van der Waals surface area (Å²) >= 11 is 0. The minimum absolute atomic E-state index is 0.0289. The van der Waals surface area contributed by atoms with Crippen molar-refractivity contribution in [1.29, 1.82) is 0 Å². The molecule has 7 heteroatoms. The fourth-order valence-electron chi connectivity index (χ4n) is 4.63. The number of ether oxygens (including phenoxy) is 1. The average Bonchev–Trinajstić information content (AvgIpc) is 3.33. The monoisotopic (exact) mass is 430 g/mol. The molecule has 2 fully saturated rings. The second-order valence-corrected chi connectivity index (χ2v) is 9.12. The lowest BCUT2D eigenvalue weighted by molar-refractivity contribution is -0.130. The van der Waals surface area contributed by atoms with Gasteiger partial charge in [0.2, 0.25) is 5.91 Å². The van der Waals surface area contributed by atoms with Crippen LogP contribution in [0.4, 0.5) is 0 Å². The number of hydrogen-bond acceptors (Lipinski definition) is 5. The number of nitrogens with zero attached hydrogens (tertiary/aromatic N) is 3. The second kappa shape index (κ2) is 11.0. The molecule has 172 valence electrons. The highest BCUT2D eigenvalue weighted by atomic mass is 16.5. The zero-order chi connectivity index (χ0) is 22.4. The Morgan fingerprint density at radius 3 is 2.45 bits per heavy atom. The van der Waals surface area contributed by atoms with E-state index < -0.39 is 0 Å². The van der Waals surface area contributed by atoms with Gasteiger partial charge in [-0.2, -0.15) is 0 Å². The van der Waals surface area contributed by atoms with Crippen molar-refractivity contribution in [2.75, 3.05) is 26.2 Å². The van der Waals surface area contributed by atoms with Crippen molar-refractivity contribution in [3.8, 4) is 0 Å². The minimum Gasteiger partial charge on any atom is -0.368 e. The number of rotatable bonds is 8. The quantitative estimate of drug-likeness (QED) is 0.680. The van der Waals surface area contributed by atoms with Crippen LogP contribution in [0.5, 0.6) is 0 Å². The zero-order valence-electron chi connectivity index (χ0n) is 19.5. The molecule has 0 unspecified atom stereocenters. The molecule has 1 aliphatic carbocycles. The summed E-state index contributed by atoms with van der Waals surface area (Å²) in [5.41, 5.74) is 1.57. The number of hydrogen-bond donors (Lipinski definition) is 1. The van der Waals surface area contributed by atoms with Gasteiger partial charge in [0, 0.05) is 44.3 Å². The van der Waals surface area contributed by atoms with Crippen LogP contribution in [0, 0.1) is 5.92 Å². The largest absolute Gasteiger partial charge is 0.368 e. The van der Waals surface area contributed by atoms with Crippen LogP contribution in [0.15, 0.2) is 6.20 Å². The van der Waals surface area contributed by atoms with Crippen molar-refractivity contribution in [3.63, 3.8) is 0 Å². The van der Waals surface area contributed by atoms with Crippen LogP contribution in [0.1, 0.15) is 99.9 Å².